The van der Waals surface area contributed by atoms with Crippen LogP contribution in [0.25, 0.3) is 11.4 Å². The van der Waals surface area contributed by atoms with Gasteiger partial charge in [-0.1, -0.05) is 29.4 Å². The molecule has 1 atom stereocenters. The van der Waals surface area contributed by atoms with Gasteiger partial charge in [0.05, 0.1) is 17.2 Å². The Morgan fingerprint density at radius 2 is 1.79 bits per heavy atom. The second kappa shape index (κ2) is 6.74. The number of hydrogen-bond donors (Lipinski definition) is 0. The normalized spacial score (nSPS) is 17.4. The van der Waals surface area contributed by atoms with Crippen molar-refractivity contribution in [1.29, 1.82) is 0 Å². The third kappa shape index (κ3) is 3.35. The van der Waals surface area contributed by atoms with Gasteiger partial charge in [0.25, 0.3) is 0 Å². The molecule has 4 rings (SSSR count). The molecule has 0 bridgehead atoms. The van der Waals surface area contributed by atoms with E-state index in [1.165, 1.54) is 35.2 Å². The molecule has 1 saturated heterocycles. The molecule has 2 heterocycles. The predicted octanol–water partition coefficient (Wildman–Crippen LogP) is 4.42. The maximum absolute atomic E-state index is 14.0. The maximum atomic E-state index is 14.0. The molecule has 9 heteroatoms. The number of benzene rings is 2. The van der Waals surface area contributed by atoms with Crippen LogP contribution in [-0.4, -0.2) is 22.6 Å². The number of carbonyl (C=O) groups is 1. The lowest BCUT2D eigenvalue weighted by Crippen LogP contribution is -2.25. The predicted molar refractivity (Wildman–Crippen MR) is 90.8 cm³/mol. The van der Waals surface area contributed by atoms with Crippen LogP contribution in [0.3, 0.4) is 0 Å². The molecule has 1 aliphatic rings. The number of nitrogens with zero attached hydrogens (tertiary/aromatic N) is 3. The monoisotopic (exact) mass is 391 g/mol. The lowest BCUT2D eigenvalue weighted by Gasteiger charge is -2.16. The highest BCUT2D eigenvalue weighted by Crippen LogP contribution is 2.34. The summed E-state index contributed by atoms with van der Waals surface area (Å²) in [4.78, 5) is 17.8. The van der Waals surface area contributed by atoms with E-state index in [2.05, 4.69) is 10.1 Å². The molecule has 0 spiro atoms. The number of anilines is 1. The Balaban J connectivity index is 1.54. The number of aromatic nitrogens is 2. The zero-order chi connectivity index (χ0) is 19.9. The molecule has 0 N–H and O–H groups in total. The third-order valence-electron chi connectivity index (χ3n) is 4.53. The van der Waals surface area contributed by atoms with E-state index >= 15 is 0 Å². The molecule has 1 amide bonds. The molecule has 3 aromatic rings. The third-order valence-corrected chi connectivity index (χ3v) is 4.53. The number of carbonyl (C=O) groups excluding carboxylic acids is 1. The van der Waals surface area contributed by atoms with Gasteiger partial charge in [0.1, 0.15) is 5.82 Å². The molecule has 1 aliphatic heterocycles. The van der Waals surface area contributed by atoms with Gasteiger partial charge in [-0.15, -0.1) is 0 Å². The summed E-state index contributed by atoms with van der Waals surface area (Å²) in [7, 11) is 0. The van der Waals surface area contributed by atoms with Gasteiger partial charge in [-0.25, -0.2) is 4.39 Å². The van der Waals surface area contributed by atoms with Crippen LogP contribution in [0.4, 0.5) is 23.2 Å². The Morgan fingerprint density at radius 1 is 1.07 bits per heavy atom. The minimum Gasteiger partial charge on any atom is -0.339 e. The van der Waals surface area contributed by atoms with Gasteiger partial charge >= 0.3 is 6.18 Å². The Kier molecular flexibility index (Phi) is 4.37. The summed E-state index contributed by atoms with van der Waals surface area (Å²) in [6.07, 6.45) is -4.36. The van der Waals surface area contributed by atoms with Crippen molar-refractivity contribution in [1.82, 2.24) is 10.1 Å². The van der Waals surface area contributed by atoms with Crippen molar-refractivity contribution in [3.05, 3.63) is 65.8 Å². The summed E-state index contributed by atoms with van der Waals surface area (Å²) in [5.41, 5.74) is -0.238. The smallest absolute Gasteiger partial charge is 0.339 e. The summed E-state index contributed by atoms with van der Waals surface area (Å²) in [6.45, 7) is 0.175. The van der Waals surface area contributed by atoms with E-state index in [1.54, 1.807) is 6.07 Å². The first-order chi connectivity index (χ1) is 13.3. The Hall–Kier alpha value is -3.23. The van der Waals surface area contributed by atoms with Crippen LogP contribution >= 0.6 is 0 Å². The summed E-state index contributed by atoms with van der Waals surface area (Å²) >= 11 is 0. The van der Waals surface area contributed by atoms with Crippen molar-refractivity contribution in [2.45, 2.75) is 18.5 Å². The van der Waals surface area contributed by atoms with E-state index in [-0.39, 0.29) is 36.3 Å². The van der Waals surface area contributed by atoms with E-state index in [9.17, 15) is 22.4 Å². The maximum Gasteiger partial charge on any atom is 0.416 e. The second-order valence-electron chi connectivity index (χ2n) is 6.39. The topological polar surface area (TPSA) is 59.2 Å². The summed E-state index contributed by atoms with van der Waals surface area (Å²) in [5.74, 6) is -0.901. The van der Waals surface area contributed by atoms with E-state index < -0.39 is 23.5 Å². The first kappa shape index (κ1) is 18.1. The van der Waals surface area contributed by atoms with Crippen molar-refractivity contribution in [2.75, 3.05) is 11.4 Å². The molecule has 0 aliphatic carbocycles. The van der Waals surface area contributed by atoms with Crippen molar-refractivity contribution < 1.29 is 26.9 Å². The number of amides is 1. The fraction of sp³-hybridized carbons (Fsp3) is 0.211. The molecule has 0 saturated carbocycles. The second-order valence-corrected chi connectivity index (χ2v) is 6.39. The first-order valence-corrected chi connectivity index (χ1v) is 8.39. The van der Waals surface area contributed by atoms with Gasteiger partial charge in [0.2, 0.25) is 17.6 Å². The molecule has 2 aromatic carbocycles. The fourth-order valence-corrected chi connectivity index (χ4v) is 3.10. The van der Waals surface area contributed by atoms with Crippen molar-refractivity contribution in [3.8, 4) is 11.4 Å². The molecule has 1 aromatic heterocycles. The number of para-hydroxylation sites is 1. The molecule has 28 heavy (non-hydrogen) atoms. The number of alkyl halides is 3. The van der Waals surface area contributed by atoms with Gasteiger partial charge in [-0.3, -0.25) is 4.79 Å². The fourth-order valence-electron chi connectivity index (χ4n) is 3.10. The van der Waals surface area contributed by atoms with Crippen LogP contribution in [0, 0.1) is 5.82 Å². The van der Waals surface area contributed by atoms with Crippen LogP contribution in [0.2, 0.25) is 0 Å². The highest BCUT2D eigenvalue weighted by molar-refractivity contribution is 5.96. The number of rotatable bonds is 3. The van der Waals surface area contributed by atoms with E-state index in [0.29, 0.717) is 5.56 Å². The van der Waals surface area contributed by atoms with Gasteiger partial charge in [-0.2, -0.15) is 18.2 Å². The van der Waals surface area contributed by atoms with Gasteiger partial charge in [0.15, 0.2) is 0 Å². The Labute approximate surface area is 156 Å². The number of hydrogen-bond acceptors (Lipinski definition) is 4. The standard InChI is InChI=1S/C19H13F4N3O2/c20-14-3-1-2-4-15(14)26-10-12(9-16(26)27)18-24-17(25-28-18)11-5-7-13(8-6-11)19(21,22)23/h1-8,12H,9-10H2. The highest BCUT2D eigenvalue weighted by Gasteiger charge is 2.36. The average molecular weight is 391 g/mol. The first-order valence-electron chi connectivity index (χ1n) is 8.39. The summed E-state index contributed by atoms with van der Waals surface area (Å²) in [6, 6.07) is 10.3. The lowest BCUT2D eigenvalue weighted by molar-refractivity contribution is -0.137. The van der Waals surface area contributed by atoms with Crippen LogP contribution in [0.5, 0.6) is 0 Å². The highest BCUT2D eigenvalue weighted by atomic mass is 19.4. The summed E-state index contributed by atoms with van der Waals surface area (Å²) < 4.78 is 57.1. The zero-order valence-corrected chi connectivity index (χ0v) is 14.3. The van der Waals surface area contributed by atoms with Crippen molar-refractivity contribution in [3.63, 3.8) is 0 Å². The van der Waals surface area contributed by atoms with Crippen LogP contribution in [0.15, 0.2) is 53.1 Å². The van der Waals surface area contributed by atoms with Crippen molar-refractivity contribution >= 4 is 11.6 Å². The zero-order valence-electron chi connectivity index (χ0n) is 14.3. The molecule has 5 nitrogen and oxygen atoms in total. The van der Waals surface area contributed by atoms with Crippen LogP contribution < -0.4 is 4.90 Å². The molecular formula is C19H13F4N3O2. The summed E-state index contributed by atoms with van der Waals surface area (Å²) in [5, 5.41) is 3.79. The van der Waals surface area contributed by atoms with Crippen LogP contribution in [0.1, 0.15) is 23.8 Å². The molecule has 1 fully saturated rings. The van der Waals surface area contributed by atoms with Crippen LogP contribution in [-0.2, 0) is 11.0 Å². The minimum atomic E-state index is -4.43. The van der Waals surface area contributed by atoms with Gasteiger partial charge in [-0.05, 0) is 24.3 Å². The minimum absolute atomic E-state index is 0.0724. The van der Waals surface area contributed by atoms with E-state index in [1.807, 2.05) is 0 Å². The van der Waals surface area contributed by atoms with E-state index in [4.69, 9.17) is 4.52 Å². The molecule has 144 valence electrons. The Morgan fingerprint density at radius 3 is 2.46 bits per heavy atom. The van der Waals surface area contributed by atoms with Gasteiger partial charge in [0, 0.05) is 18.5 Å². The van der Waals surface area contributed by atoms with Gasteiger partial charge < -0.3 is 9.42 Å². The average Bonchev–Trinajstić information content (AvgIpc) is 3.29. The molecule has 0 radical (unpaired) electrons. The van der Waals surface area contributed by atoms with E-state index in [0.717, 1.165) is 12.1 Å². The quantitative estimate of drug-likeness (QED) is 0.621. The lowest BCUT2D eigenvalue weighted by atomic mass is 10.1. The van der Waals surface area contributed by atoms with Crippen molar-refractivity contribution in [2.24, 2.45) is 0 Å². The number of halogens is 4. The largest absolute Gasteiger partial charge is 0.416 e. The molecular weight excluding hydrogens is 378 g/mol. The SMILES string of the molecule is O=C1CC(c2nc(-c3ccc(C(F)(F)F)cc3)no2)CN1c1ccccc1F. The molecule has 1 unspecified atom stereocenters. The Bertz CT molecular complexity index is 1010.